The molecule has 8 heteroatoms. The molecule has 0 aliphatic carbocycles. The van der Waals surface area contributed by atoms with Gasteiger partial charge in [-0.1, -0.05) is 23.4 Å². The second-order valence-electron chi connectivity index (χ2n) is 7.31. The maximum absolute atomic E-state index is 12.5. The highest BCUT2D eigenvalue weighted by Gasteiger charge is 2.21. The fourth-order valence-electron chi connectivity index (χ4n) is 3.51. The fraction of sp³-hybridized carbons (Fsp3) is 0.364. The summed E-state index contributed by atoms with van der Waals surface area (Å²) in [5, 5.41) is 14.9. The number of hydrogen-bond donors (Lipinski definition) is 0. The third-order valence-corrected chi connectivity index (χ3v) is 6.07. The van der Waals surface area contributed by atoms with Crippen molar-refractivity contribution in [1.82, 2.24) is 19.9 Å². The maximum atomic E-state index is 12.5. The van der Waals surface area contributed by atoms with Gasteiger partial charge >= 0.3 is 0 Å². The molecule has 154 valence electrons. The zero-order valence-electron chi connectivity index (χ0n) is 16.7. The molecule has 0 radical (unpaired) electrons. The molecule has 1 aliphatic rings. The molecule has 1 aliphatic heterocycles. The van der Waals surface area contributed by atoms with Crippen molar-refractivity contribution in [2.45, 2.75) is 25.8 Å². The minimum Gasteiger partial charge on any atom is -0.340 e. The number of rotatable bonds is 7. The van der Waals surface area contributed by atoms with Crippen LogP contribution in [0.25, 0.3) is 10.7 Å². The Kier molecular flexibility index (Phi) is 6.52. The predicted molar refractivity (Wildman–Crippen MR) is 114 cm³/mol. The number of piperazine rings is 1. The second kappa shape index (κ2) is 9.65. The SMILES string of the molecule is N#Cc1ccc(CN2CCN(C(=O)CCCc3nc(-c4cccs4)no3)CC2)cc1. The fourth-order valence-corrected chi connectivity index (χ4v) is 4.16. The second-order valence-corrected chi connectivity index (χ2v) is 8.26. The van der Waals surface area contributed by atoms with E-state index in [0.29, 0.717) is 36.5 Å². The molecule has 2 aromatic heterocycles. The van der Waals surface area contributed by atoms with E-state index in [0.717, 1.165) is 37.6 Å². The van der Waals surface area contributed by atoms with Crippen LogP contribution in [0, 0.1) is 11.3 Å². The van der Waals surface area contributed by atoms with Gasteiger partial charge in [-0.15, -0.1) is 11.3 Å². The van der Waals surface area contributed by atoms with Crippen LogP contribution in [0.5, 0.6) is 0 Å². The van der Waals surface area contributed by atoms with Crippen LogP contribution in [-0.4, -0.2) is 52.0 Å². The van der Waals surface area contributed by atoms with Gasteiger partial charge in [0, 0.05) is 45.6 Å². The standard InChI is InChI=1S/C22H23N5O2S/c23-15-17-6-8-18(9-7-17)16-26-10-12-27(13-11-26)21(28)5-1-4-20-24-22(25-29-20)19-3-2-14-30-19/h2-3,6-9,14H,1,4-5,10-13,16H2. The zero-order chi connectivity index (χ0) is 20.8. The van der Waals surface area contributed by atoms with E-state index in [1.54, 1.807) is 11.3 Å². The van der Waals surface area contributed by atoms with Gasteiger partial charge in [-0.2, -0.15) is 10.2 Å². The smallest absolute Gasteiger partial charge is 0.226 e. The van der Waals surface area contributed by atoms with Crippen molar-refractivity contribution >= 4 is 17.2 Å². The average molecular weight is 422 g/mol. The average Bonchev–Trinajstić information content (AvgIpc) is 3.47. The first-order valence-corrected chi connectivity index (χ1v) is 10.9. The molecular formula is C22H23N5O2S. The van der Waals surface area contributed by atoms with Gasteiger partial charge in [-0.25, -0.2) is 0 Å². The van der Waals surface area contributed by atoms with Crippen LogP contribution in [-0.2, 0) is 17.8 Å². The summed E-state index contributed by atoms with van der Waals surface area (Å²) in [4.78, 5) is 22.2. The topological polar surface area (TPSA) is 86.3 Å². The molecule has 0 spiro atoms. The van der Waals surface area contributed by atoms with Gasteiger partial charge in [-0.3, -0.25) is 9.69 Å². The van der Waals surface area contributed by atoms with Crippen LogP contribution < -0.4 is 0 Å². The Labute approximate surface area is 179 Å². The summed E-state index contributed by atoms with van der Waals surface area (Å²) in [6.07, 6.45) is 1.81. The number of hydrogen-bond acceptors (Lipinski definition) is 7. The van der Waals surface area contributed by atoms with Crippen molar-refractivity contribution in [3.05, 3.63) is 58.8 Å². The Morgan fingerprint density at radius 3 is 2.67 bits per heavy atom. The Morgan fingerprint density at radius 1 is 1.17 bits per heavy atom. The summed E-state index contributed by atoms with van der Waals surface area (Å²) < 4.78 is 5.30. The van der Waals surface area contributed by atoms with Gasteiger partial charge in [0.1, 0.15) is 0 Å². The van der Waals surface area contributed by atoms with E-state index in [9.17, 15) is 4.79 Å². The lowest BCUT2D eigenvalue weighted by Gasteiger charge is -2.34. The Hall–Kier alpha value is -3.02. The monoisotopic (exact) mass is 421 g/mol. The van der Waals surface area contributed by atoms with Gasteiger partial charge in [0.15, 0.2) is 0 Å². The minimum atomic E-state index is 0.186. The molecule has 30 heavy (non-hydrogen) atoms. The summed E-state index contributed by atoms with van der Waals surface area (Å²) in [5.41, 5.74) is 1.87. The molecule has 1 fully saturated rings. The highest BCUT2D eigenvalue weighted by Crippen LogP contribution is 2.21. The van der Waals surface area contributed by atoms with Crippen LogP contribution in [0.3, 0.4) is 0 Å². The number of benzene rings is 1. The third kappa shape index (κ3) is 5.12. The summed E-state index contributed by atoms with van der Waals surface area (Å²) in [5.74, 6) is 1.38. The molecule has 0 unspecified atom stereocenters. The first-order chi connectivity index (χ1) is 14.7. The van der Waals surface area contributed by atoms with E-state index in [-0.39, 0.29) is 5.91 Å². The van der Waals surface area contributed by atoms with Gasteiger partial charge in [0.05, 0.1) is 16.5 Å². The summed E-state index contributed by atoms with van der Waals surface area (Å²) >= 11 is 1.58. The molecule has 1 amide bonds. The Balaban J connectivity index is 1.18. The number of carbonyl (C=O) groups excluding carboxylic acids is 1. The molecule has 1 saturated heterocycles. The van der Waals surface area contributed by atoms with Crippen molar-refractivity contribution in [2.75, 3.05) is 26.2 Å². The number of carbonyl (C=O) groups is 1. The van der Waals surface area contributed by atoms with Crippen molar-refractivity contribution in [1.29, 1.82) is 5.26 Å². The van der Waals surface area contributed by atoms with E-state index in [1.807, 2.05) is 46.7 Å². The van der Waals surface area contributed by atoms with E-state index >= 15 is 0 Å². The van der Waals surface area contributed by atoms with E-state index in [1.165, 1.54) is 5.56 Å². The number of nitriles is 1. The maximum Gasteiger partial charge on any atom is 0.226 e. The van der Waals surface area contributed by atoms with Crippen molar-refractivity contribution in [3.63, 3.8) is 0 Å². The molecule has 3 aromatic rings. The third-order valence-electron chi connectivity index (χ3n) is 5.21. The van der Waals surface area contributed by atoms with Gasteiger partial charge in [-0.05, 0) is 35.6 Å². The first kappa shape index (κ1) is 20.3. The Morgan fingerprint density at radius 2 is 1.97 bits per heavy atom. The number of amides is 1. The highest BCUT2D eigenvalue weighted by molar-refractivity contribution is 7.13. The lowest BCUT2D eigenvalue weighted by Crippen LogP contribution is -2.48. The van der Waals surface area contributed by atoms with Crippen molar-refractivity contribution in [2.24, 2.45) is 0 Å². The number of aromatic nitrogens is 2. The van der Waals surface area contributed by atoms with Gasteiger partial charge < -0.3 is 9.42 Å². The molecule has 0 N–H and O–H groups in total. The van der Waals surface area contributed by atoms with Crippen LogP contribution in [0.2, 0.25) is 0 Å². The van der Waals surface area contributed by atoms with Crippen molar-refractivity contribution in [3.8, 4) is 16.8 Å². The van der Waals surface area contributed by atoms with Crippen LogP contribution in [0.4, 0.5) is 0 Å². The van der Waals surface area contributed by atoms with Crippen LogP contribution in [0.1, 0.15) is 29.9 Å². The molecule has 3 heterocycles. The summed E-state index contributed by atoms with van der Waals surface area (Å²) in [6.45, 7) is 4.06. The van der Waals surface area contributed by atoms with E-state index in [4.69, 9.17) is 9.78 Å². The molecule has 0 bridgehead atoms. The first-order valence-electron chi connectivity index (χ1n) is 10.1. The summed E-state index contributed by atoms with van der Waals surface area (Å²) in [7, 11) is 0. The largest absolute Gasteiger partial charge is 0.340 e. The van der Waals surface area contributed by atoms with E-state index in [2.05, 4.69) is 21.1 Å². The van der Waals surface area contributed by atoms with Gasteiger partial charge in [0.25, 0.3) is 0 Å². The number of aryl methyl sites for hydroxylation is 1. The predicted octanol–water partition coefficient (Wildman–Crippen LogP) is 3.34. The molecular weight excluding hydrogens is 398 g/mol. The summed E-state index contributed by atoms with van der Waals surface area (Å²) in [6, 6.07) is 13.8. The quantitative estimate of drug-likeness (QED) is 0.582. The molecule has 7 nitrogen and oxygen atoms in total. The van der Waals surface area contributed by atoms with E-state index < -0.39 is 0 Å². The highest BCUT2D eigenvalue weighted by atomic mass is 32.1. The van der Waals surface area contributed by atoms with Crippen LogP contribution >= 0.6 is 11.3 Å². The molecule has 4 rings (SSSR count). The molecule has 0 atom stereocenters. The van der Waals surface area contributed by atoms with Crippen molar-refractivity contribution < 1.29 is 9.32 Å². The van der Waals surface area contributed by atoms with Gasteiger partial charge in [0.2, 0.25) is 17.6 Å². The zero-order valence-corrected chi connectivity index (χ0v) is 17.5. The molecule has 1 aromatic carbocycles. The lowest BCUT2D eigenvalue weighted by molar-refractivity contribution is -0.133. The van der Waals surface area contributed by atoms with Crippen LogP contribution in [0.15, 0.2) is 46.3 Å². The minimum absolute atomic E-state index is 0.186. The lowest BCUT2D eigenvalue weighted by atomic mass is 10.1. The molecule has 0 saturated carbocycles. The Bertz CT molecular complexity index is 999. The number of nitrogens with zero attached hydrogens (tertiary/aromatic N) is 5. The number of thiophene rings is 1. The normalized spacial score (nSPS) is 14.6.